The summed E-state index contributed by atoms with van der Waals surface area (Å²) in [4.78, 5) is 53.5. The van der Waals surface area contributed by atoms with E-state index >= 15 is 4.39 Å². The number of ether oxygens (including phenoxy) is 1. The van der Waals surface area contributed by atoms with Crippen molar-refractivity contribution in [3.8, 4) is 11.5 Å². The van der Waals surface area contributed by atoms with Crippen molar-refractivity contribution in [2.45, 2.75) is 24.5 Å². The summed E-state index contributed by atoms with van der Waals surface area (Å²) < 4.78 is 20.6. The SMILES string of the molecule is COc1cccc(C(=O)Nc2cc(F)c3c(c2O)C(=O)C2=C(O)[C@]4(O)C(=O)C(C(N)=O)=C(O)[C@@H](N(C)C)[C@@H]4C[C@@H]2C3)c1. The summed E-state index contributed by atoms with van der Waals surface area (Å²) in [5.41, 5.74) is 0.0676. The second-order valence-electron chi connectivity index (χ2n) is 10.8. The van der Waals surface area contributed by atoms with Crippen molar-refractivity contribution in [2.75, 3.05) is 26.5 Å². The van der Waals surface area contributed by atoms with Crippen LogP contribution in [-0.2, 0) is 16.0 Å². The van der Waals surface area contributed by atoms with E-state index in [1.54, 1.807) is 12.1 Å². The molecule has 0 saturated heterocycles. The van der Waals surface area contributed by atoms with Gasteiger partial charge in [0.1, 0.15) is 28.7 Å². The Morgan fingerprint density at radius 1 is 1.17 bits per heavy atom. The Balaban J connectivity index is 1.61. The van der Waals surface area contributed by atoms with Gasteiger partial charge in [0, 0.05) is 28.7 Å². The second kappa shape index (κ2) is 9.96. The molecule has 0 fully saturated rings. The van der Waals surface area contributed by atoms with Gasteiger partial charge in [-0.05, 0) is 51.1 Å². The van der Waals surface area contributed by atoms with E-state index in [0.717, 1.165) is 6.07 Å². The van der Waals surface area contributed by atoms with Gasteiger partial charge >= 0.3 is 0 Å². The maximum atomic E-state index is 15.5. The Morgan fingerprint density at radius 3 is 2.48 bits per heavy atom. The molecule has 2 aromatic carbocycles. The lowest BCUT2D eigenvalue weighted by Gasteiger charge is -2.50. The number of hydrogen-bond donors (Lipinski definition) is 6. The number of halogens is 1. The number of methoxy groups -OCH3 is 1. The molecule has 3 aliphatic carbocycles. The number of benzene rings is 2. The zero-order valence-corrected chi connectivity index (χ0v) is 22.8. The van der Waals surface area contributed by atoms with Crippen LogP contribution in [0.1, 0.15) is 32.7 Å². The number of likely N-dealkylation sites (N-methyl/N-ethyl adjacent to an activating group) is 1. The molecule has 0 heterocycles. The quantitative estimate of drug-likeness (QED) is 0.222. The molecule has 0 bridgehead atoms. The molecule has 0 radical (unpaired) electrons. The topological polar surface area (TPSA) is 200 Å². The zero-order valence-electron chi connectivity index (χ0n) is 22.8. The molecule has 4 atom stereocenters. The molecule has 0 unspecified atom stereocenters. The molecule has 0 saturated carbocycles. The third kappa shape index (κ3) is 4.03. The standard InChI is InChI=1S/C29H28FN3O9/c1-33(2)21-15-9-12-8-14-16(30)10-17(32-28(40)11-5-4-6-13(7-11)42-3)22(34)19(14)23(35)18(12)25(37)29(15,41)26(38)20(24(21)36)27(31)39/h4-7,10,12,15,21,34,36-37,41H,8-9H2,1-3H3,(H2,31,39)(H,32,40)/t12-,15-,21-,29-/m0/s1. The van der Waals surface area contributed by atoms with E-state index < -0.39 is 92.3 Å². The molecule has 42 heavy (non-hydrogen) atoms. The summed E-state index contributed by atoms with van der Waals surface area (Å²) in [5, 5.41) is 47.2. The van der Waals surface area contributed by atoms with Crippen molar-refractivity contribution in [1.82, 2.24) is 4.90 Å². The summed E-state index contributed by atoms with van der Waals surface area (Å²) in [7, 11) is 4.42. The summed E-state index contributed by atoms with van der Waals surface area (Å²) in [5.74, 6) is -9.81. The number of hydrogen-bond acceptors (Lipinski definition) is 10. The number of Topliss-reactive ketones (excluding diaryl/α,β-unsaturated/α-hetero) is 2. The molecule has 3 aliphatic rings. The van der Waals surface area contributed by atoms with Crippen LogP contribution in [0.4, 0.5) is 10.1 Å². The van der Waals surface area contributed by atoms with E-state index in [-0.39, 0.29) is 24.0 Å². The van der Waals surface area contributed by atoms with Crippen LogP contribution in [0.5, 0.6) is 11.5 Å². The molecule has 13 heteroatoms. The number of carbonyl (C=O) groups is 4. The highest BCUT2D eigenvalue weighted by molar-refractivity contribution is 6.25. The summed E-state index contributed by atoms with van der Waals surface area (Å²) >= 11 is 0. The Morgan fingerprint density at radius 2 is 1.86 bits per heavy atom. The molecule has 12 nitrogen and oxygen atoms in total. The van der Waals surface area contributed by atoms with E-state index in [1.165, 1.54) is 38.2 Å². The number of phenols is 1. The maximum Gasteiger partial charge on any atom is 0.255 e. The van der Waals surface area contributed by atoms with Crippen LogP contribution < -0.4 is 15.8 Å². The minimum Gasteiger partial charge on any atom is -0.510 e. The highest BCUT2D eigenvalue weighted by atomic mass is 19.1. The number of phenolic OH excluding ortho intramolecular Hbond substituents is 1. The van der Waals surface area contributed by atoms with Crippen molar-refractivity contribution >= 4 is 29.1 Å². The minimum atomic E-state index is -2.82. The van der Waals surface area contributed by atoms with Crippen LogP contribution in [0.15, 0.2) is 53.0 Å². The normalized spacial score (nSPS) is 25.1. The first-order valence-corrected chi connectivity index (χ1v) is 12.9. The summed E-state index contributed by atoms with van der Waals surface area (Å²) in [6.45, 7) is 0. The molecule has 5 rings (SSSR count). The first kappa shape index (κ1) is 28.8. The van der Waals surface area contributed by atoms with E-state index in [4.69, 9.17) is 10.5 Å². The van der Waals surface area contributed by atoms with Crippen LogP contribution in [-0.4, -0.2) is 81.6 Å². The van der Waals surface area contributed by atoms with Crippen LogP contribution in [0.25, 0.3) is 0 Å². The fourth-order valence-electron chi connectivity index (χ4n) is 6.33. The zero-order chi connectivity index (χ0) is 30.8. The molecular formula is C29H28FN3O9. The van der Waals surface area contributed by atoms with Crippen molar-refractivity contribution < 1.29 is 48.7 Å². The minimum absolute atomic E-state index is 0.118. The van der Waals surface area contributed by atoms with Crippen molar-refractivity contribution in [3.63, 3.8) is 0 Å². The molecule has 0 aromatic heterocycles. The molecule has 0 aliphatic heterocycles. The Hall–Kier alpha value is -4.75. The van der Waals surface area contributed by atoms with Gasteiger partial charge in [0.2, 0.25) is 5.78 Å². The van der Waals surface area contributed by atoms with E-state index in [0.29, 0.717) is 5.75 Å². The van der Waals surface area contributed by atoms with Crippen molar-refractivity contribution in [1.29, 1.82) is 0 Å². The number of aromatic hydroxyl groups is 1. The fraction of sp³-hybridized carbons (Fsp3) is 0.310. The smallest absolute Gasteiger partial charge is 0.255 e. The van der Waals surface area contributed by atoms with Gasteiger partial charge in [0.15, 0.2) is 17.1 Å². The number of ketones is 2. The molecule has 220 valence electrons. The Bertz CT molecular complexity index is 1650. The molecule has 2 aromatic rings. The maximum absolute atomic E-state index is 15.5. The number of primary amides is 1. The lowest BCUT2D eigenvalue weighted by molar-refractivity contribution is -0.148. The largest absolute Gasteiger partial charge is 0.510 e. The average molecular weight is 582 g/mol. The number of aliphatic hydroxyl groups is 3. The number of carbonyl (C=O) groups excluding carboxylic acids is 4. The number of nitrogens with zero attached hydrogens (tertiary/aromatic N) is 1. The highest BCUT2D eigenvalue weighted by Crippen LogP contribution is 2.53. The first-order chi connectivity index (χ1) is 19.7. The van der Waals surface area contributed by atoms with Gasteiger partial charge in [-0.15, -0.1) is 0 Å². The van der Waals surface area contributed by atoms with Gasteiger partial charge in [-0.3, -0.25) is 24.1 Å². The predicted octanol–water partition coefficient (Wildman–Crippen LogP) is 1.52. The number of amides is 2. The van der Waals surface area contributed by atoms with Gasteiger partial charge < -0.3 is 36.2 Å². The number of rotatable bonds is 5. The number of fused-ring (bicyclic) bond motifs is 3. The summed E-state index contributed by atoms with van der Waals surface area (Å²) in [6, 6.07) is 5.72. The Labute approximate surface area is 238 Å². The average Bonchev–Trinajstić information content (AvgIpc) is 2.93. The molecular weight excluding hydrogens is 553 g/mol. The van der Waals surface area contributed by atoms with Gasteiger partial charge in [-0.2, -0.15) is 0 Å². The van der Waals surface area contributed by atoms with E-state index in [2.05, 4.69) is 5.32 Å². The van der Waals surface area contributed by atoms with Crippen LogP contribution >= 0.6 is 0 Å². The second-order valence-corrected chi connectivity index (χ2v) is 10.8. The third-order valence-corrected chi connectivity index (χ3v) is 8.25. The Kier molecular flexibility index (Phi) is 6.82. The van der Waals surface area contributed by atoms with Crippen molar-refractivity contribution in [2.24, 2.45) is 17.6 Å². The van der Waals surface area contributed by atoms with Gasteiger partial charge in [-0.25, -0.2) is 4.39 Å². The van der Waals surface area contributed by atoms with Crippen molar-refractivity contribution in [3.05, 3.63) is 75.5 Å². The fourth-order valence-corrected chi connectivity index (χ4v) is 6.33. The predicted molar refractivity (Wildman–Crippen MR) is 145 cm³/mol. The summed E-state index contributed by atoms with van der Waals surface area (Å²) in [6.07, 6.45) is -0.404. The third-order valence-electron chi connectivity index (χ3n) is 8.25. The lowest BCUT2D eigenvalue weighted by Crippen LogP contribution is -2.63. The highest BCUT2D eigenvalue weighted by Gasteiger charge is 2.63. The molecule has 0 spiro atoms. The number of aliphatic hydroxyl groups excluding tert-OH is 2. The van der Waals surface area contributed by atoms with Crippen LogP contribution in [0.3, 0.4) is 0 Å². The number of nitrogens with two attached hydrogens (primary N) is 1. The van der Waals surface area contributed by atoms with Gasteiger partial charge in [0.05, 0.1) is 24.4 Å². The first-order valence-electron chi connectivity index (χ1n) is 12.9. The number of anilines is 1. The van der Waals surface area contributed by atoms with Crippen LogP contribution in [0.2, 0.25) is 0 Å². The molecule has 7 N–H and O–H groups in total. The van der Waals surface area contributed by atoms with E-state index in [1.807, 2.05) is 0 Å². The number of nitrogens with one attached hydrogen (secondary N) is 1. The van der Waals surface area contributed by atoms with Gasteiger partial charge in [-0.1, -0.05) is 6.07 Å². The van der Waals surface area contributed by atoms with Crippen LogP contribution in [0, 0.1) is 17.7 Å². The molecule has 2 amide bonds. The monoisotopic (exact) mass is 581 g/mol. The number of allylic oxidation sites excluding steroid dienone is 1. The lowest BCUT2D eigenvalue weighted by atomic mass is 9.58. The van der Waals surface area contributed by atoms with E-state index in [9.17, 15) is 39.6 Å². The van der Waals surface area contributed by atoms with Gasteiger partial charge in [0.25, 0.3) is 11.8 Å².